The van der Waals surface area contributed by atoms with Crippen molar-refractivity contribution < 1.29 is 29.0 Å². The van der Waals surface area contributed by atoms with Crippen LogP contribution in [0.15, 0.2) is 51.8 Å². The molecule has 1 saturated heterocycles. The summed E-state index contributed by atoms with van der Waals surface area (Å²) in [6.07, 6.45) is 1.59. The first-order valence-corrected chi connectivity index (χ1v) is 10.6. The third-order valence-electron chi connectivity index (χ3n) is 3.89. The number of carbonyl (C=O) groups is 3. The van der Waals surface area contributed by atoms with E-state index in [1.807, 2.05) is 0 Å². The fraction of sp³-hybridized carbons (Fsp3) is 0.150. The zero-order chi connectivity index (χ0) is 21.7. The summed E-state index contributed by atoms with van der Waals surface area (Å²) in [7, 11) is 0. The first-order valence-electron chi connectivity index (χ1n) is 8.62. The minimum absolute atomic E-state index is 0.0961. The van der Waals surface area contributed by atoms with Crippen molar-refractivity contribution in [3.8, 4) is 11.5 Å². The normalized spacial score (nSPS) is 15.0. The van der Waals surface area contributed by atoms with Gasteiger partial charge in [-0.3, -0.25) is 14.5 Å². The van der Waals surface area contributed by atoms with Gasteiger partial charge in [0.05, 0.1) is 20.9 Å². The van der Waals surface area contributed by atoms with Crippen molar-refractivity contribution in [3.63, 3.8) is 0 Å². The van der Waals surface area contributed by atoms with E-state index in [4.69, 9.17) is 26.2 Å². The number of hydrogen-bond donors (Lipinski definition) is 1. The molecule has 0 unspecified atom stereocenters. The number of benzene rings is 2. The number of para-hydroxylation sites is 1. The number of hydrogen-bond acceptors (Lipinski definition) is 6. The van der Waals surface area contributed by atoms with E-state index in [0.29, 0.717) is 26.6 Å². The van der Waals surface area contributed by atoms with Gasteiger partial charge in [-0.2, -0.15) is 0 Å². The lowest BCUT2D eigenvalue weighted by atomic mass is 10.2. The molecule has 2 aromatic rings. The van der Waals surface area contributed by atoms with E-state index in [2.05, 4.69) is 15.9 Å². The molecule has 2 amide bonds. The molecule has 0 radical (unpaired) electrons. The Bertz CT molecular complexity index is 1030. The van der Waals surface area contributed by atoms with E-state index in [0.717, 1.165) is 16.7 Å². The van der Waals surface area contributed by atoms with Crippen LogP contribution in [0.25, 0.3) is 6.08 Å². The molecule has 156 valence electrons. The first kappa shape index (κ1) is 22.2. The molecule has 1 aliphatic rings. The summed E-state index contributed by atoms with van der Waals surface area (Å²) >= 11 is 10.2. The number of imide groups is 1. The lowest BCUT2D eigenvalue weighted by molar-refractivity contribution is -0.139. The van der Waals surface area contributed by atoms with Crippen molar-refractivity contribution in [2.75, 3.05) is 19.8 Å². The summed E-state index contributed by atoms with van der Waals surface area (Å²) in [4.78, 5) is 36.8. The van der Waals surface area contributed by atoms with Crippen molar-refractivity contribution in [3.05, 3.63) is 62.4 Å². The Morgan fingerprint density at radius 2 is 1.93 bits per heavy atom. The summed E-state index contributed by atoms with van der Waals surface area (Å²) in [5, 5.41) is 8.76. The van der Waals surface area contributed by atoms with E-state index in [-0.39, 0.29) is 23.3 Å². The fourth-order valence-electron chi connectivity index (χ4n) is 2.52. The van der Waals surface area contributed by atoms with Gasteiger partial charge in [-0.25, -0.2) is 4.79 Å². The Balaban J connectivity index is 1.63. The summed E-state index contributed by atoms with van der Waals surface area (Å²) in [6.45, 7) is -0.248. The number of rotatable bonds is 8. The van der Waals surface area contributed by atoms with Crippen LogP contribution in [-0.4, -0.2) is 46.9 Å². The first-order chi connectivity index (χ1) is 14.3. The Hall–Kier alpha value is -2.49. The largest absolute Gasteiger partial charge is 0.490 e. The number of aliphatic carboxylic acids is 1. The van der Waals surface area contributed by atoms with Crippen molar-refractivity contribution in [2.45, 2.75) is 0 Å². The van der Waals surface area contributed by atoms with Gasteiger partial charge in [-0.05, 0) is 63.6 Å². The number of carbonyl (C=O) groups excluding carboxylic acids is 2. The Morgan fingerprint density at radius 1 is 1.17 bits per heavy atom. The Labute approximate surface area is 189 Å². The molecule has 10 heteroatoms. The highest BCUT2D eigenvalue weighted by atomic mass is 79.9. The molecule has 0 aliphatic carbocycles. The SMILES string of the molecule is O=C(O)COc1ccc(/C=C2\SC(=O)N(CCOc3ccccc3Cl)C2=O)cc1Br. The topological polar surface area (TPSA) is 93.1 Å². The van der Waals surface area contributed by atoms with Crippen molar-refractivity contribution in [2.24, 2.45) is 0 Å². The molecule has 0 atom stereocenters. The molecule has 0 aromatic heterocycles. The molecule has 0 saturated carbocycles. The highest BCUT2D eigenvalue weighted by Gasteiger charge is 2.34. The molecule has 3 rings (SSSR count). The average molecular weight is 513 g/mol. The average Bonchev–Trinajstić information content (AvgIpc) is 2.96. The van der Waals surface area contributed by atoms with Crippen LogP contribution >= 0.6 is 39.3 Å². The molecule has 0 spiro atoms. The summed E-state index contributed by atoms with van der Waals surface area (Å²) in [6, 6.07) is 11.9. The van der Waals surface area contributed by atoms with Crippen LogP contribution in [0.5, 0.6) is 11.5 Å². The number of ether oxygens (including phenoxy) is 2. The molecule has 0 bridgehead atoms. The summed E-state index contributed by atoms with van der Waals surface area (Å²) < 4.78 is 11.2. The van der Waals surface area contributed by atoms with Crippen LogP contribution in [0.1, 0.15) is 5.56 Å². The number of amides is 2. The maximum Gasteiger partial charge on any atom is 0.341 e. The molecule has 1 N–H and O–H groups in total. The number of carboxylic acids is 1. The molecule has 30 heavy (non-hydrogen) atoms. The molecule has 1 aliphatic heterocycles. The lowest BCUT2D eigenvalue weighted by Gasteiger charge is -2.13. The van der Waals surface area contributed by atoms with E-state index < -0.39 is 18.5 Å². The van der Waals surface area contributed by atoms with Crippen LogP contribution in [0.4, 0.5) is 4.79 Å². The summed E-state index contributed by atoms with van der Waals surface area (Å²) in [5.74, 6) is -0.649. The van der Waals surface area contributed by atoms with Crippen molar-refractivity contribution in [1.29, 1.82) is 0 Å². The van der Waals surface area contributed by atoms with E-state index in [1.165, 1.54) is 0 Å². The number of carboxylic acid groups (broad SMARTS) is 1. The van der Waals surface area contributed by atoms with Gasteiger partial charge >= 0.3 is 5.97 Å². The zero-order valence-electron chi connectivity index (χ0n) is 15.3. The zero-order valence-corrected chi connectivity index (χ0v) is 18.5. The molecule has 1 fully saturated rings. The van der Waals surface area contributed by atoms with E-state index in [1.54, 1.807) is 48.5 Å². The van der Waals surface area contributed by atoms with Gasteiger partial charge in [0, 0.05) is 0 Å². The predicted molar refractivity (Wildman–Crippen MR) is 117 cm³/mol. The number of nitrogens with zero attached hydrogens (tertiary/aromatic N) is 1. The third-order valence-corrected chi connectivity index (χ3v) is 5.73. The van der Waals surface area contributed by atoms with E-state index >= 15 is 0 Å². The third kappa shape index (κ3) is 5.56. The second-order valence-electron chi connectivity index (χ2n) is 5.98. The fourth-order valence-corrected chi connectivity index (χ4v) is 4.08. The van der Waals surface area contributed by atoms with Gasteiger partial charge in [0.25, 0.3) is 11.1 Å². The van der Waals surface area contributed by atoms with Crippen LogP contribution in [0, 0.1) is 0 Å². The number of thioether (sulfide) groups is 1. The van der Waals surface area contributed by atoms with Crippen molar-refractivity contribution >= 4 is 62.5 Å². The molecule has 1 heterocycles. The molecular formula is C20H15BrClNO6S. The second kappa shape index (κ2) is 10.0. The standard InChI is InChI=1S/C20H15BrClNO6S/c21-13-9-12(5-6-15(13)29-11-18(24)25)10-17-19(26)23(20(27)30-17)7-8-28-16-4-2-1-3-14(16)22/h1-6,9-10H,7-8,11H2,(H,24,25)/b17-10-. The monoisotopic (exact) mass is 511 g/mol. The highest BCUT2D eigenvalue weighted by Crippen LogP contribution is 2.34. The maximum absolute atomic E-state index is 12.6. The molecular weight excluding hydrogens is 498 g/mol. The van der Waals surface area contributed by atoms with Crippen molar-refractivity contribution in [1.82, 2.24) is 4.90 Å². The maximum atomic E-state index is 12.6. The minimum Gasteiger partial charge on any atom is -0.490 e. The number of halogens is 2. The molecule has 7 nitrogen and oxygen atoms in total. The van der Waals surface area contributed by atoms with Gasteiger partial charge in [-0.1, -0.05) is 29.8 Å². The van der Waals surface area contributed by atoms with Gasteiger partial charge in [0.1, 0.15) is 18.1 Å². The minimum atomic E-state index is -1.09. The lowest BCUT2D eigenvalue weighted by Crippen LogP contribution is -2.32. The van der Waals surface area contributed by atoms with Crippen LogP contribution < -0.4 is 9.47 Å². The van der Waals surface area contributed by atoms with Gasteiger partial charge in [0.2, 0.25) is 0 Å². The molecule has 2 aromatic carbocycles. The second-order valence-corrected chi connectivity index (χ2v) is 8.24. The van der Waals surface area contributed by atoms with E-state index in [9.17, 15) is 14.4 Å². The van der Waals surface area contributed by atoms with Gasteiger partial charge < -0.3 is 14.6 Å². The van der Waals surface area contributed by atoms with Crippen LogP contribution in [0.3, 0.4) is 0 Å². The predicted octanol–water partition coefficient (Wildman–Crippen LogP) is 4.68. The Kier molecular flexibility index (Phi) is 7.41. The highest BCUT2D eigenvalue weighted by molar-refractivity contribution is 9.10. The van der Waals surface area contributed by atoms with Gasteiger partial charge in [0.15, 0.2) is 6.61 Å². The van der Waals surface area contributed by atoms with Crippen LogP contribution in [0.2, 0.25) is 5.02 Å². The van der Waals surface area contributed by atoms with Crippen LogP contribution in [-0.2, 0) is 9.59 Å². The quantitative estimate of drug-likeness (QED) is 0.513. The smallest absolute Gasteiger partial charge is 0.341 e. The Morgan fingerprint density at radius 3 is 2.63 bits per heavy atom. The van der Waals surface area contributed by atoms with Gasteiger partial charge in [-0.15, -0.1) is 0 Å². The summed E-state index contributed by atoms with van der Waals surface area (Å²) in [5.41, 5.74) is 0.655.